The molecule has 7 nitrogen and oxygen atoms in total. The molecule has 0 unspecified atom stereocenters. The van der Waals surface area contributed by atoms with Crippen molar-refractivity contribution in [3.05, 3.63) is 60.8 Å². The summed E-state index contributed by atoms with van der Waals surface area (Å²) >= 11 is 0. The molecule has 2 aromatic heterocycles. The SMILES string of the molecule is COc1cc(-c2ccc(-c3ccc(O[C@@H]4C[C@@]5(C)C=C[C@@H]([C@@H]4F)N5C)nn3)c(O)c2)ccn1. The summed E-state index contributed by atoms with van der Waals surface area (Å²) in [6, 6.07) is 12.0. The second kappa shape index (κ2) is 8.12. The van der Waals surface area contributed by atoms with Gasteiger partial charge in [-0.15, -0.1) is 10.2 Å². The molecular weight excluding hydrogens is 423 g/mol. The van der Waals surface area contributed by atoms with Crippen molar-refractivity contribution in [2.45, 2.75) is 37.2 Å². The molecule has 0 radical (unpaired) electrons. The number of pyridine rings is 1. The third-order valence-electron chi connectivity index (χ3n) is 6.66. The smallest absolute Gasteiger partial charge is 0.233 e. The number of fused-ring (bicyclic) bond motifs is 2. The number of aromatic nitrogens is 3. The summed E-state index contributed by atoms with van der Waals surface area (Å²) in [6.07, 6.45) is 4.40. The number of rotatable bonds is 5. The van der Waals surface area contributed by atoms with Gasteiger partial charge < -0.3 is 14.6 Å². The monoisotopic (exact) mass is 448 g/mol. The van der Waals surface area contributed by atoms with Crippen molar-refractivity contribution >= 4 is 0 Å². The number of phenolic OH excluding ortho intramolecular Hbond substituents is 1. The van der Waals surface area contributed by atoms with Crippen molar-refractivity contribution in [1.29, 1.82) is 0 Å². The van der Waals surface area contributed by atoms with Crippen LogP contribution < -0.4 is 9.47 Å². The topological polar surface area (TPSA) is 80.6 Å². The van der Waals surface area contributed by atoms with E-state index in [-0.39, 0.29) is 23.2 Å². The summed E-state index contributed by atoms with van der Waals surface area (Å²) in [6.45, 7) is 2.08. The highest BCUT2D eigenvalue weighted by Crippen LogP contribution is 2.40. The molecule has 1 fully saturated rings. The van der Waals surface area contributed by atoms with Gasteiger partial charge in [0.2, 0.25) is 11.8 Å². The fourth-order valence-electron chi connectivity index (χ4n) is 4.58. The number of likely N-dealkylation sites (N-methyl/N-ethyl adjacent to an activating group) is 1. The number of halogens is 1. The van der Waals surface area contributed by atoms with Crippen LogP contribution in [0.4, 0.5) is 4.39 Å². The molecule has 3 aromatic rings. The van der Waals surface area contributed by atoms with E-state index < -0.39 is 12.3 Å². The average molecular weight is 448 g/mol. The third-order valence-corrected chi connectivity index (χ3v) is 6.66. The first-order valence-electron chi connectivity index (χ1n) is 10.8. The number of hydrogen-bond acceptors (Lipinski definition) is 7. The molecule has 0 saturated carbocycles. The van der Waals surface area contributed by atoms with Gasteiger partial charge in [0.15, 0.2) is 6.17 Å². The summed E-state index contributed by atoms with van der Waals surface area (Å²) in [5.74, 6) is 0.829. The number of hydrogen-bond donors (Lipinski definition) is 1. The van der Waals surface area contributed by atoms with E-state index in [1.54, 1.807) is 43.6 Å². The van der Waals surface area contributed by atoms with E-state index >= 15 is 0 Å². The van der Waals surface area contributed by atoms with Crippen LogP contribution >= 0.6 is 0 Å². The van der Waals surface area contributed by atoms with Gasteiger partial charge in [-0.3, -0.25) is 4.90 Å². The van der Waals surface area contributed by atoms with Crippen LogP contribution in [0.3, 0.4) is 0 Å². The predicted molar refractivity (Wildman–Crippen MR) is 122 cm³/mol. The zero-order chi connectivity index (χ0) is 23.2. The first kappa shape index (κ1) is 21.3. The number of methoxy groups -OCH3 is 1. The Morgan fingerprint density at radius 2 is 1.91 bits per heavy atom. The van der Waals surface area contributed by atoms with Crippen LogP contribution in [-0.4, -0.2) is 63.2 Å². The fourth-order valence-corrected chi connectivity index (χ4v) is 4.58. The van der Waals surface area contributed by atoms with Gasteiger partial charge in [0.05, 0.1) is 18.8 Å². The zero-order valence-corrected chi connectivity index (χ0v) is 18.6. The lowest BCUT2D eigenvalue weighted by atomic mass is 9.88. The highest BCUT2D eigenvalue weighted by atomic mass is 19.1. The van der Waals surface area contributed by atoms with Gasteiger partial charge in [-0.2, -0.15) is 0 Å². The predicted octanol–water partition coefficient (Wildman–Crippen LogP) is 4.04. The summed E-state index contributed by atoms with van der Waals surface area (Å²) in [4.78, 5) is 6.14. The van der Waals surface area contributed by atoms with Crippen LogP contribution in [0.2, 0.25) is 0 Å². The first-order chi connectivity index (χ1) is 15.9. The minimum Gasteiger partial charge on any atom is -0.507 e. The molecule has 5 rings (SSSR count). The lowest BCUT2D eigenvalue weighted by Crippen LogP contribution is -2.58. The number of piperidine rings is 1. The Morgan fingerprint density at radius 1 is 1.09 bits per heavy atom. The lowest BCUT2D eigenvalue weighted by molar-refractivity contribution is -0.0365. The van der Waals surface area contributed by atoms with Gasteiger partial charge in [0.25, 0.3) is 0 Å². The first-order valence-corrected chi connectivity index (χ1v) is 10.8. The third kappa shape index (κ3) is 3.80. The number of phenols is 1. The number of alkyl halides is 1. The van der Waals surface area contributed by atoms with Gasteiger partial charge in [-0.25, -0.2) is 9.37 Å². The second-order valence-corrected chi connectivity index (χ2v) is 8.70. The van der Waals surface area contributed by atoms with Gasteiger partial charge in [0.1, 0.15) is 11.9 Å². The highest BCUT2D eigenvalue weighted by Gasteiger charge is 2.50. The molecule has 170 valence electrons. The molecule has 2 bridgehead atoms. The van der Waals surface area contributed by atoms with E-state index in [0.717, 1.165) is 11.1 Å². The maximum absolute atomic E-state index is 15.0. The standard InChI is InChI=1S/C25H25FN4O3/c1-25-10-8-19(30(25)2)24(26)21(14-25)33-22-7-6-18(28-29-22)17-5-4-15(12-20(17)31)16-9-11-27-23(13-16)32-3/h4-13,19,21,24,31H,14H2,1-3H3/t19-,21+,24-,25+/m0/s1. The van der Waals surface area contributed by atoms with Crippen molar-refractivity contribution in [3.63, 3.8) is 0 Å². The number of benzene rings is 1. The Balaban J connectivity index is 1.33. The van der Waals surface area contributed by atoms with Crippen molar-refractivity contribution in [2.24, 2.45) is 0 Å². The molecule has 4 atom stereocenters. The second-order valence-electron chi connectivity index (χ2n) is 8.70. The minimum absolute atomic E-state index is 0.0703. The normalized spacial score (nSPS) is 26.4. The number of aromatic hydroxyl groups is 1. The zero-order valence-electron chi connectivity index (χ0n) is 18.6. The van der Waals surface area contributed by atoms with Gasteiger partial charge in [-0.05, 0) is 49.4 Å². The Labute approximate surface area is 191 Å². The van der Waals surface area contributed by atoms with E-state index in [0.29, 0.717) is 23.6 Å². The molecule has 2 aliphatic heterocycles. The van der Waals surface area contributed by atoms with Crippen molar-refractivity contribution in [1.82, 2.24) is 20.1 Å². The summed E-state index contributed by atoms with van der Waals surface area (Å²) in [7, 11) is 3.49. The molecule has 1 aromatic carbocycles. The summed E-state index contributed by atoms with van der Waals surface area (Å²) in [5, 5.41) is 18.9. The van der Waals surface area contributed by atoms with Gasteiger partial charge in [0, 0.05) is 35.9 Å². The summed E-state index contributed by atoms with van der Waals surface area (Å²) in [5.41, 5.74) is 2.49. The van der Waals surface area contributed by atoms with Crippen LogP contribution in [0.25, 0.3) is 22.4 Å². The molecule has 2 aliphatic rings. The maximum Gasteiger partial charge on any atom is 0.233 e. The van der Waals surface area contributed by atoms with Crippen LogP contribution in [0.1, 0.15) is 13.3 Å². The Bertz CT molecular complexity index is 1200. The Morgan fingerprint density at radius 3 is 2.64 bits per heavy atom. The molecule has 1 saturated heterocycles. The lowest BCUT2D eigenvalue weighted by Gasteiger charge is -2.45. The van der Waals surface area contributed by atoms with Crippen LogP contribution in [-0.2, 0) is 0 Å². The molecular formula is C25H25FN4O3. The molecule has 0 spiro atoms. The minimum atomic E-state index is -1.15. The molecule has 0 amide bonds. The van der Waals surface area contributed by atoms with Crippen LogP contribution in [0, 0.1) is 0 Å². The quantitative estimate of drug-likeness (QED) is 0.590. The number of ether oxygens (including phenoxy) is 2. The molecule has 33 heavy (non-hydrogen) atoms. The van der Waals surface area contributed by atoms with E-state index in [9.17, 15) is 9.50 Å². The maximum atomic E-state index is 15.0. The van der Waals surface area contributed by atoms with Crippen molar-refractivity contribution in [2.75, 3.05) is 14.2 Å². The van der Waals surface area contributed by atoms with E-state index in [4.69, 9.17) is 9.47 Å². The fraction of sp³-hybridized carbons (Fsp3) is 0.320. The number of nitrogens with zero attached hydrogens (tertiary/aromatic N) is 4. The highest BCUT2D eigenvalue weighted by molar-refractivity contribution is 5.74. The van der Waals surface area contributed by atoms with E-state index in [1.165, 1.54) is 0 Å². The van der Waals surface area contributed by atoms with E-state index in [1.807, 2.05) is 30.2 Å². The Kier molecular flexibility index (Phi) is 5.25. The van der Waals surface area contributed by atoms with Crippen LogP contribution in [0.15, 0.2) is 60.8 Å². The average Bonchev–Trinajstić information content (AvgIpc) is 3.05. The molecule has 0 aliphatic carbocycles. The summed E-state index contributed by atoms with van der Waals surface area (Å²) < 4.78 is 26.0. The van der Waals surface area contributed by atoms with Gasteiger partial charge >= 0.3 is 0 Å². The molecule has 8 heteroatoms. The largest absolute Gasteiger partial charge is 0.507 e. The van der Waals surface area contributed by atoms with Gasteiger partial charge in [-0.1, -0.05) is 18.2 Å². The molecule has 1 N–H and O–H groups in total. The Hall–Kier alpha value is -3.52. The van der Waals surface area contributed by atoms with E-state index in [2.05, 4.69) is 28.2 Å². The van der Waals surface area contributed by atoms with Crippen molar-refractivity contribution in [3.8, 4) is 39.9 Å². The van der Waals surface area contributed by atoms with Crippen molar-refractivity contribution < 1.29 is 19.0 Å². The van der Waals surface area contributed by atoms with Crippen LogP contribution in [0.5, 0.6) is 17.5 Å². The molecule has 4 heterocycles.